The number of nitrogens with zero attached hydrogens (tertiary/aromatic N) is 1. The molecule has 0 spiro atoms. The smallest absolute Gasteiger partial charge is 0.419 e. The van der Waals surface area contributed by atoms with Crippen molar-refractivity contribution in [3.63, 3.8) is 0 Å². The summed E-state index contributed by atoms with van der Waals surface area (Å²) in [6.45, 7) is 3.82. The number of carbonyl (C=O) groups is 1. The maximum absolute atomic E-state index is 13.2. The number of halogens is 3. The largest absolute Gasteiger partial charge is 0.457 e. The average molecular weight is 414 g/mol. The summed E-state index contributed by atoms with van der Waals surface area (Å²) in [4.78, 5) is 17.1. The lowest BCUT2D eigenvalue weighted by molar-refractivity contribution is -0.138. The molecule has 0 bridgehead atoms. The molecule has 0 aliphatic carbocycles. The van der Waals surface area contributed by atoms with Crippen LogP contribution in [0.5, 0.6) is 11.5 Å². The fourth-order valence-corrected chi connectivity index (χ4v) is 3.00. The molecule has 3 rings (SSSR count). The van der Waals surface area contributed by atoms with Crippen molar-refractivity contribution < 1.29 is 22.7 Å². The normalized spacial score (nSPS) is 11.2. The monoisotopic (exact) mass is 414 g/mol. The first-order valence-corrected chi connectivity index (χ1v) is 9.50. The average Bonchev–Trinajstić information content (AvgIpc) is 2.68. The molecule has 1 amide bonds. The highest BCUT2D eigenvalue weighted by atomic mass is 19.4. The van der Waals surface area contributed by atoms with Crippen molar-refractivity contribution in [2.24, 2.45) is 0 Å². The van der Waals surface area contributed by atoms with Gasteiger partial charge in [0, 0.05) is 17.4 Å². The van der Waals surface area contributed by atoms with Crippen LogP contribution in [0.2, 0.25) is 0 Å². The van der Waals surface area contributed by atoms with Crippen molar-refractivity contribution in [2.45, 2.75) is 32.9 Å². The van der Waals surface area contributed by atoms with Crippen molar-refractivity contribution in [1.29, 1.82) is 0 Å². The van der Waals surface area contributed by atoms with Crippen LogP contribution in [0.4, 0.5) is 18.9 Å². The van der Waals surface area contributed by atoms with Gasteiger partial charge in [0.05, 0.1) is 16.8 Å². The van der Waals surface area contributed by atoms with E-state index in [4.69, 9.17) is 4.74 Å². The number of ether oxygens (including phenoxy) is 1. The van der Waals surface area contributed by atoms with E-state index in [-0.39, 0.29) is 17.4 Å². The SMILES string of the molecule is CCCc1ccc(C(=O)Nc2cccc(Oc3ccccc3C(F)(F)F)c2)c(C)n1. The fraction of sp³-hybridized carbons (Fsp3) is 0.217. The van der Waals surface area contributed by atoms with Gasteiger partial charge >= 0.3 is 6.18 Å². The number of hydrogen-bond donors (Lipinski definition) is 1. The topological polar surface area (TPSA) is 51.2 Å². The highest BCUT2D eigenvalue weighted by Gasteiger charge is 2.34. The van der Waals surface area contributed by atoms with Crippen LogP contribution in [0.1, 0.15) is 40.7 Å². The number of anilines is 1. The van der Waals surface area contributed by atoms with Crippen molar-refractivity contribution in [1.82, 2.24) is 4.98 Å². The molecule has 30 heavy (non-hydrogen) atoms. The number of carbonyl (C=O) groups excluding carboxylic acids is 1. The Balaban J connectivity index is 1.78. The van der Waals surface area contributed by atoms with E-state index in [1.165, 1.54) is 30.3 Å². The van der Waals surface area contributed by atoms with E-state index in [0.29, 0.717) is 16.9 Å². The number of alkyl halides is 3. The van der Waals surface area contributed by atoms with E-state index in [9.17, 15) is 18.0 Å². The third-order valence-electron chi connectivity index (χ3n) is 4.41. The van der Waals surface area contributed by atoms with Crippen LogP contribution in [0.15, 0.2) is 60.7 Å². The number of nitrogens with one attached hydrogen (secondary N) is 1. The maximum atomic E-state index is 13.2. The second-order valence-electron chi connectivity index (χ2n) is 6.76. The number of pyridine rings is 1. The predicted octanol–water partition coefficient (Wildman–Crippen LogP) is 6.41. The molecule has 1 N–H and O–H groups in total. The number of aryl methyl sites for hydroxylation is 2. The highest BCUT2D eigenvalue weighted by Crippen LogP contribution is 2.38. The standard InChI is InChI=1S/C23H21F3N2O2/c1-3-7-16-12-13-19(15(2)27-16)22(29)28-17-8-6-9-18(14-17)30-21-11-5-4-10-20(21)23(24,25)26/h4-6,8-14H,3,7H2,1-2H3,(H,28,29). The van der Waals surface area contributed by atoms with E-state index in [2.05, 4.69) is 17.2 Å². The van der Waals surface area contributed by atoms with Gasteiger partial charge in [-0.25, -0.2) is 0 Å². The van der Waals surface area contributed by atoms with E-state index < -0.39 is 11.7 Å². The van der Waals surface area contributed by atoms with Gasteiger partial charge < -0.3 is 10.1 Å². The number of aromatic nitrogens is 1. The van der Waals surface area contributed by atoms with Crippen LogP contribution in [-0.4, -0.2) is 10.9 Å². The third-order valence-corrected chi connectivity index (χ3v) is 4.41. The van der Waals surface area contributed by atoms with Crippen molar-refractivity contribution in [3.8, 4) is 11.5 Å². The Bertz CT molecular complexity index is 1050. The molecule has 156 valence electrons. The Morgan fingerprint density at radius 3 is 2.53 bits per heavy atom. The molecule has 0 atom stereocenters. The summed E-state index contributed by atoms with van der Waals surface area (Å²) < 4.78 is 44.9. The lowest BCUT2D eigenvalue weighted by Crippen LogP contribution is -2.14. The Morgan fingerprint density at radius 2 is 1.83 bits per heavy atom. The summed E-state index contributed by atoms with van der Waals surface area (Å²) in [5, 5.41) is 2.74. The molecule has 2 aromatic carbocycles. The second kappa shape index (κ2) is 8.98. The minimum Gasteiger partial charge on any atom is -0.457 e. The quantitative estimate of drug-likeness (QED) is 0.507. The van der Waals surface area contributed by atoms with Crippen LogP contribution >= 0.6 is 0 Å². The lowest BCUT2D eigenvalue weighted by atomic mass is 10.1. The molecule has 0 aliphatic rings. The second-order valence-corrected chi connectivity index (χ2v) is 6.76. The Kier molecular flexibility index (Phi) is 6.40. The molecule has 0 fully saturated rings. The Labute approximate surface area is 172 Å². The van der Waals surface area contributed by atoms with E-state index in [0.717, 1.165) is 24.6 Å². The number of amides is 1. The number of rotatable bonds is 6. The first-order chi connectivity index (χ1) is 14.3. The maximum Gasteiger partial charge on any atom is 0.419 e. The van der Waals surface area contributed by atoms with Gasteiger partial charge in [0.15, 0.2) is 0 Å². The van der Waals surface area contributed by atoms with Crippen LogP contribution in [-0.2, 0) is 12.6 Å². The third kappa shape index (κ3) is 5.17. The lowest BCUT2D eigenvalue weighted by Gasteiger charge is -2.14. The van der Waals surface area contributed by atoms with Crippen molar-refractivity contribution in [3.05, 3.63) is 83.2 Å². The van der Waals surface area contributed by atoms with Crippen molar-refractivity contribution in [2.75, 3.05) is 5.32 Å². The molecule has 0 aliphatic heterocycles. The molecular formula is C23H21F3N2O2. The highest BCUT2D eigenvalue weighted by molar-refractivity contribution is 6.05. The van der Waals surface area contributed by atoms with Gasteiger partial charge in [0.2, 0.25) is 0 Å². The number of hydrogen-bond acceptors (Lipinski definition) is 3. The first kappa shape index (κ1) is 21.4. The molecule has 4 nitrogen and oxygen atoms in total. The molecular weight excluding hydrogens is 393 g/mol. The fourth-order valence-electron chi connectivity index (χ4n) is 3.00. The van der Waals surface area contributed by atoms with Crippen LogP contribution < -0.4 is 10.1 Å². The van der Waals surface area contributed by atoms with E-state index in [1.807, 2.05) is 6.07 Å². The zero-order chi connectivity index (χ0) is 21.7. The van der Waals surface area contributed by atoms with Gasteiger partial charge in [-0.1, -0.05) is 31.5 Å². The van der Waals surface area contributed by atoms with E-state index in [1.54, 1.807) is 25.1 Å². The molecule has 1 aromatic heterocycles. The zero-order valence-corrected chi connectivity index (χ0v) is 16.6. The molecule has 0 saturated heterocycles. The summed E-state index contributed by atoms with van der Waals surface area (Å²) in [6, 6.07) is 14.7. The van der Waals surface area contributed by atoms with Gasteiger partial charge in [-0.05, 0) is 49.7 Å². The van der Waals surface area contributed by atoms with E-state index >= 15 is 0 Å². The minimum atomic E-state index is -4.53. The Morgan fingerprint density at radius 1 is 1.07 bits per heavy atom. The van der Waals surface area contributed by atoms with Crippen LogP contribution in [0.25, 0.3) is 0 Å². The van der Waals surface area contributed by atoms with Crippen LogP contribution in [0, 0.1) is 6.92 Å². The summed E-state index contributed by atoms with van der Waals surface area (Å²) in [6.07, 6.45) is -2.74. The molecule has 0 unspecified atom stereocenters. The predicted molar refractivity (Wildman–Crippen MR) is 109 cm³/mol. The zero-order valence-electron chi connectivity index (χ0n) is 16.6. The molecule has 1 heterocycles. The minimum absolute atomic E-state index is 0.178. The number of para-hydroxylation sites is 1. The van der Waals surface area contributed by atoms with Gasteiger partial charge in [-0.15, -0.1) is 0 Å². The number of benzene rings is 2. The first-order valence-electron chi connectivity index (χ1n) is 9.50. The Hall–Kier alpha value is -3.35. The summed E-state index contributed by atoms with van der Waals surface area (Å²) in [5.41, 5.74) is 1.51. The summed E-state index contributed by atoms with van der Waals surface area (Å²) in [5.74, 6) is -0.478. The summed E-state index contributed by atoms with van der Waals surface area (Å²) >= 11 is 0. The molecule has 3 aromatic rings. The van der Waals surface area contributed by atoms with Crippen molar-refractivity contribution >= 4 is 11.6 Å². The van der Waals surface area contributed by atoms with Gasteiger partial charge in [0.1, 0.15) is 11.5 Å². The van der Waals surface area contributed by atoms with Gasteiger partial charge in [-0.3, -0.25) is 9.78 Å². The summed E-state index contributed by atoms with van der Waals surface area (Å²) in [7, 11) is 0. The van der Waals surface area contributed by atoms with Gasteiger partial charge in [-0.2, -0.15) is 13.2 Å². The molecule has 0 saturated carbocycles. The molecule has 0 radical (unpaired) electrons. The van der Waals surface area contributed by atoms with Gasteiger partial charge in [0.25, 0.3) is 5.91 Å². The van der Waals surface area contributed by atoms with Crippen LogP contribution in [0.3, 0.4) is 0 Å². The molecule has 7 heteroatoms.